The van der Waals surface area contributed by atoms with Crippen LogP contribution in [0.25, 0.3) is 11.2 Å². The fourth-order valence-electron chi connectivity index (χ4n) is 1.60. The molecule has 0 radical (unpaired) electrons. The van der Waals surface area contributed by atoms with Crippen molar-refractivity contribution in [2.24, 2.45) is 0 Å². The van der Waals surface area contributed by atoms with Crippen LogP contribution in [0.5, 0.6) is 0 Å². The highest BCUT2D eigenvalue weighted by atomic mass is 32.2. The topological polar surface area (TPSA) is 68.0 Å². The molecule has 0 atom stereocenters. The van der Waals surface area contributed by atoms with Crippen LogP contribution in [0.15, 0.2) is 23.5 Å². The van der Waals surface area contributed by atoms with Crippen LogP contribution in [0.2, 0.25) is 0 Å². The number of pyridine rings is 1. The lowest BCUT2D eigenvalue weighted by Gasteiger charge is -2.04. The van der Waals surface area contributed by atoms with Crippen LogP contribution < -0.4 is 0 Å². The first kappa shape index (κ1) is 11.9. The van der Waals surface area contributed by atoms with E-state index in [1.165, 1.54) is 11.8 Å². The maximum atomic E-state index is 10.6. The van der Waals surface area contributed by atoms with Crippen molar-refractivity contribution in [1.29, 1.82) is 0 Å². The fourth-order valence-corrected chi connectivity index (χ4v) is 2.35. The van der Waals surface area contributed by atoms with E-state index in [1.54, 1.807) is 6.20 Å². The van der Waals surface area contributed by atoms with Crippen LogP contribution in [0.3, 0.4) is 0 Å². The first-order valence-corrected chi connectivity index (χ1v) is 6.36. The predicted octanol–water partition coefficient (Wildman–Crippen LogP) is 2.02. The van der Waals surface area contributed by atoms with Crippen molar-refractivity contribution in [1.82, 2.24) is 14.5 Å². The quantitative estimate of drug-likeness (QED) is 0.823. The Morgan fingerprint density at radius 2 is 2.41 bits per heavy atom. The van der Waals surface area contributed by atoms with Crippen LogP contribution >= 0.6 is 11.8 Å². The molecule has 0 spiro atoms. The van der Waals surface area contributed by atoms with Crippen molar-refractivity contribution < 1.29 is 9.90 Å². The summed E-state index contributed by atoms with van der Waals surface area (Å²) >= 11 is 1.23. The molecule has 6 heteroatoms. The van der Waals surface area contributed by atoms with E-state index in [1.807, 2.05) is 16.7 Å². The Labute approximate surface area is 103 Å². The van der Waals surface area contributed by atoms with Gasteiger partial charge in [-0.15, -0.1) is 0 Å². The summed E-state index contributed by atoms with van der Waals surface area (Å²) in [7, 11) is 0. The Kier molecular flexibility index (Phi) is 3.63. The van der Waals surface area contributed by atoms with E-state index in [4.69, 9.17) is 5.11 Å². The van der Waals surface area contributed by atoms with Crippen LogP contribution in [0.4, 0.5) is 0 Å². The van der Waals surface area contributed by atoms with Gasteiger partial charge in [0.1, 0.15) is 5.52 Å². The van der Waals surface area contributed by atoms with Gasteiger partial charge in [-0.05, 0) is 18.6 Å². The van der Waals surface area contributed by atoms with Gasteiger partial charge in [0, 0.05) is 12.7 Å². The minimum Gasteiger partial charge on any atom is -0.481 e. The molecule has 0 aromatic carbocycles. The van der Waals surface area contributed by atoms with E-state index in [-0.39, 0.29) is 5.75 Å². The summed E-state index contributed by atoms with van der Waals surface area (Å²) in [5.74, 6) is -0.814. The average molecular weight is 251 g/mol. The SMILES string of the molecule is CCCn1c(SCC(=O)O)nc2cccnc21. The number of hydrogen-bond donors (Lipinski definition) is 1. The first-order chi connectivity index (χ1) is 8.22. The number of carboxylic acid groups (broad SMARTS) is 1. The van der Waals surface area contributed by atoms with Crippen molar-refractivity contribution in [2.75, 3.05) is 5.75 Å². The number of fused-ring (bicyclic) bond motifs is 1. The molecule has 0 bridgehead atoms. The van der Waals surface area contributed by atoms with Gasteiger partial charge in [-0.3, -0.25) is 4.79 Å². The Bertz CT molecular complexity index is 538. The molecule has 0 unspecified atom stereocenters. The number of aromatic nitrogens is 3. The molecule has 0 aliphatic rings. The van der Waals surface area contributed by atoms with Crippen LogP contribution in [0.1, 0.15) is 13.3 Å². The molecule has 0 aliphatic carbocycles. The first-order valence-electron chi connectivity index (χ1n) is 5.38. The number of aryl methyl sites for hydroxylation is 1. The maximum Gasteiger partial charge on any atom is 0.313 e. The molecule has 0 saturated carbocycles. The molecule has 0 amide bonds. The molecular formula is C11H13N3O2S. The van der Waals surface area contributed by atoms with Crippen molar-refractivity contribution >= 4 is 28.9 Å². The predicted molar refractivity (Wildman–Crippen MR) is 66.2 cm³/mol. The van der Waals surface area contributed by atoms with Gasteiger partial charge in [0.15, 0.2) is 10.8 Å². The maximum absolute atomic E-state index is 10.6. The Morgan fingerprint density at radius 3 is 3.12 bits per heavy atom. The Morgan fingerprint density at radius 1 is 1.59 bits per heavy atom. The highest BCUT2D eigenvalue weighted by Gasteiger charge is 2.12. The summed E-state index contributed by atoms with van der Waals surface area (Å²) in [5.41, 5.74) is 1.64. The summed E-state index contributed by atoms with van der Waals surface area (Å²) in [4.78, 5) is 19.3. The molecule has 5 nitrogen and oxygen atoms in total. The van der Waals surface area contributed by atoms with Gasteiger partial charge in [-0.2, -0.15) is 0 Å². The summed E-state index contributed by atoms with van der Waals surface area (Å²) in [6.45, 7) is 2.87. The summed E-state index contributed by atoms with van der Waals surface area (Å²) in [6.07, 6.45) is 2.69. The largest absolute Gasteiger partial charge is 0.481 e. The zero-order chi connectivity index (χ0) is 12.3. The van der Waals surface area contributed by atoms with E-state index in [0.29, 0.717) is 0 Å². The molecule has 2 heterocycles. The molecule has 0 aliphatic heterocycles. The van der Waals surface area contributed by atoms with Crippen molar-refractivity contribution in [2.45, 2.75) is 25.0 Å². The number of carbonyl (C=O) groups is 1. The number of thioether (sulfide) groups is 1. The Hall–Kier alpha value is -1.56. The second-order valence-electron chi connectivity index (χ2n) is 3.57. The lowest BCUT2D eigenvalue weighted by Crippen LogP contribution is -2.03. The van der Waals surface area contributed by atoms with Gasteiger partial charge in [0.2, 0.25) is 0 Å². The molecule has 0 saturated heterocycles. The average Bonchev–Trinajstić information content (AvgIpc) is 2.66. The monoisotopic (exact) mass is 251 g/mol. The van der Waals surface area contributed by atoms with Crippen molar-refractivity contribution in [3.8, 4) is 0 Å². The number of imidazole rings is 1. The van der Waals surface area contributed by atoms with Gasteiger partial charge in [0.25, 0.3) is 0 Å². The molecule has 90 valence electrons. The zero-order valence-electron chi connectivity index (χ0n) is 9.46. The smallest absolute Gasteiger partial charge is 0.313 e. The zero-order valence-corrected chi connectivity index (χ0v) is 10.3. The van der Waals surface area contributed by atoms with Gasteiger partial charge in [0.05, 0.1) is 5.75 Å². The van der Waals surface area contributed by atoms with Gasteiger partial charge in [-0.25, -0.2) is 9.97 Å². The number of hydrogen-bond acceptors (Lipinski definition) is 4. The summed E-state index contributed by atoms with van der Waals surface area (Å²) in [5, 5.41) is 9.42. The van der Waals surface area contributed by atoms with Crippen LogP contribution in [0, 0.1) is 0 Å². The highest BCUT2D eigenvalue weighted by molar-refractivity contribution is 7.99. The third kappa shape index (κ3) is 2.58. The minimum absolute atomic E-state index is 0.0209. The van der Waals surface area contributed by atoms with Crippen molar-refractivity contribution in [3.63, 3.8) is 0 Å². The molecule has 2 aromatic rings. The number of carboxylic acids is 1. The third-order valence-electron chi connectivity index (χ3n) is 2.24. The standard InChI is InChI=1S/C11H13N3O2S/c1-2-6-14-10-8(4-3-5-12-10)13-11(14)17-7-9(15)16/h3-5H,2,6-7H2,1H3,(H,15,16). The second kappa shape index (κ2) is 5.18. The van der Waals surface area contributed by atoms with E-state index in [0.717, 1.165) is 29.3 Å². The lowest BCUT2D eigenvalue weighted by molar-refractivity contribution is -0.133. The Balaban J connectivity index is 2.38. The third-order valence-corrected chi connectivity index (χ3v) is 3.20. The summed E-state index contributed by atoms with van der Waals surface area (Å²) < 4.78 is 1.98. The minimum atomic E-state index is -0.835. The number of rotatable bonds is 5. The molecule has 17 heavy (non-hydrogen) atoms. The van der Waals surface area contributed by atoms with E-state index in [2.05, 4.69) is 16.9 Å². The second-order valence-corrected chi connectivity index (χ2v) is 4.52. The van der Waals surface area contributed by atoms with Crippen LogP contribution in [-0.4, -0.2) is 31.4 Å². The lowest BCUT2D eigenvalue weighted by atomic mass is 10.4. The number of nitrogens with zero attached hydrogens (tertiary/aromatic N) is 3. The normalized spacial score (nSPS) is 10.9. The van der Waals surface area contributed by atoms with Gasteiger partial charge in [-0.1, -0.05) is 18.7 Å². The van der Waals surface area contributed by atoms with Gasteiger partial charge >= 0.3 is 5.97 Å². The molecule has 2 rings (SSSR count). The molecular weight excluding hydrogens is 238 g/mol. The number of aliphatic carboxylic acids is 1. The van der Waals surface area contributed by atoms with Crippen LogP contribution in [-0.2, 0) is 11.3 Å². The van der Waals surface area contributed by atoms with E-state index in [9.17, 15) is 4.79 Å². The molecule has 2 aromatic heterocycles. The van der Waals surface area contributed by atoms with E-state index >= 15 is 0 Å². The van der Waals surface area contributed by atoms with Crippen molar-refractivity contribution in [3.05, 3.63) is 18.3 Å². The molecule has 0 fully saturated rings. The fraction of sp³-hybridized carbons (Fsp3) is 0.364. The molecule has 1 N–H and O–H groups in total. The summed E-state index contributed by atoms with van der Waals surface area (Å²) in [6, 6.07) is 3.72. The van der Waals surface area contributed by atoms with Gasteiger partial charge < -0.3 is 9.67 Å². The highest BCUT2D eigenvalue weighted by Crippen LogP contribution is 2.22. The van der Waals surface area contributed by atoms with E-state index < -0.39 is 5.97 Å².